The van der Waals surface area contributed by atoms with Gasteiger partial charge in [0, 0.05) is 0 Å². The maximum absolute atomic E-state index is 4.95. The Balaban J connectivity index is 2.64. The van der Waals surface area contributed by atoms with Gasteiger partial charge in [0.2, 0.25) is 0 Å². The standard InChI is InChI=1S/C7H11BN2S/c1-2-3-5-4-6(8)10-7(11)9-5/h4,8H,2-3H2,1H3,(H2,9,10,11). The quantitative estimate of drug-likeness (QED) is 0.452. The molecule has 0 spiro atoms. The molecule has 1 heterocycles. The molecule has 0 bridgehead atoms. The van der Waals surface area contributed by atoms with E-state index >= 15 is 0 Å². The van der Waals surface area contributed by atoms with Crippen molar-refractivity contribution in [2.24, 2.45) is 0 Å². The van der Waals surface area contributed by atoms with Crippen LogP contribution in [-0.4, -0.2) is 18.2 Å². The van der Waals surface area contributed by atoms with Gasteiger partial charge >= 0.3 is 72.6 Å². The van der Waals surface area contributed by atoms with E-state index in [-0.39, 0.29) is 0 Å². The number of thiocarbonyl (C=S) groups is 1. The fourth-order valence-corrected chi connectivity index (χ4v) is 1.27. The van der Waals surface area contributed by atoms with Crippen LogP contribution >= 0.6 is 12.2 Å². The Kier molecular flexibility index (Phi) is 2.82. The summed E-state index contributed by atoms with van der Waals surface area (Å²) in [6.07, 6.45) is 4.13. The summed E-state index contributed by atoms with van der Waals surface area (Å²) in [5.74, 6) is 0. The monoisotopic (exact) mass is 166 g/mol. The Morgan fingerprint density at radius 1 is 1.55 bits per heavy atom. The molecule has 0 aliphatic carbocycles. The van der Waals surface area contributed by atoms with E-state index in [9.17, 15) is 0 Å². The number of allylic oxidation sites excluding steroid dienone is 1. The van der Waals surface area contributed by atoms with Crippen LogP contribution in [0, 0.1) is 0 Å². The summed E-state index contributed by atoms with van der Waals surface area (Å²) in [7, 11) is 3.78. The van der Waals surface area contributed by atoms with Crippen LogP contribution in [0.2, 0.25) is 0 Å². The molecule has 0 aromatic carbocycles. The SMILES string of the molecule is B=C1C=C(CCC)NC(=S)N1. The van der Waals surface area contributed by atoms with Gasteiger partial charge in [0.25, 0.3) is 0 Å². The van der Waals surface area contributed by atoms with Gasteiger partial charge in [-0.3, -0.25) is 0 Å². The van der Waals surface area contributed by atoms with Crippen molar-refractivity contribution in [1.82, 2.24) is 10.6 Å². The molecule has 1 aliphatic heterocycles. The van der Waals surface area contributed by atoms with Gasteiger partial charge < -0.3 is 0 Å². The molecule has 2 N–H and O–H groups in total. The van der Waals surface area contributed by atoms with E-state index in [4.69, 9.17) is 12.2 Å². The van der Waals surface area contributed by atoms with Crippen molar-refractivity contribution in [3.05, 3.63) is 11.8 Å². The molecule has 0 atom stereocenters. The van der Waals surface area contributed by atoms with Gasteiger partial charge in [-0.1, -0.05) is 0 Å². The Hall–Kier alpha value is -0.635. The van der Waals surface area contributed by atoms with Crippen LogP contribution in [0.15, 0.2) is 11.8 Å². The first-order valence-corrected chi connectivity index (χ1v) is 4.10. The van der Waals surface area contributed by atoms with E-state index in [2.05, 4.69) is 25.0 Å². The molecular formula is C7H11BN2S. The van der Waals surface area contributed by atoms with Gasteiger partial charge in [-0.2, -0.15) is 0 Å². The van der Waals surface area contributed by atoms with Crippen LogP contribution in [0.5, 0.6) is 0 Å². The van der Waals surface area contributed by atoms with Crippen molar-refractivity contribution in [2.45, 2.75) is 19.8 Å². The molecule has 1 aliphatic rings. The summed E-state index contributed by atoms with van der Waals surface area (Å²) in [5, 5.41) is 6.64. The number of rotatable bonds is 2. The van der Waals surface area contributed by atoms with Crippen LogP contribution in [0.25, 0.3) is 0 Å². The Bertz CT molecular complexity index is 222. The van der Waals surface area contributed by atoms with Gasteiger partial charge in [0.1, 0.15) is 0 Å². The summed E-state index contributed by atoms with van der Waals surface area (Å²) in [6.45, 7) is 2.14. The van der Waals surface area contributed by atoms with Gasteiger partial charge in [-0.15, -0.1) is 0 Å². The summed E-state index contributed by atoms with van der Waals surface area (Å²) >= 11 is 4.95. The van der Waals surface area contributed by atoms with Crippen LogP contribution in [0.3, 0.4) is 0 Å². The second-order valence-corrected chi connectivity index (χ2v) is 2.93. The second-order valence-electron chi connectivity index (χ2n) is 2.52. The van der Waals surface area contributed by atoms with Crippen LogP contribution in [-0.2, 0) is 0 Å². The molecule has 58 valence electrons. The summed E-state index contributed by atoms with van der Waals surface area (Å²) in [4.78, 5) is 0. The van der Waals surface area contributed by atoms with Gasteiger partial charge in [0.15, 0.2) is 0 Å². The first-order valence-electron chi connectivity index (χ1n) is 3.70. The molecule has 4 heteroatoms. The summed E-state index contributed by atoms with van der Waals surface area (Å²) in [5.41, 5.74) is 2.03. The average Bonchev–Trinajstić information content (AvgIpc) is 1.85. The minimum absolute atomic E-state index is 0.654. The van der Waals surface area contributed by atoms with E-state index < -0.39 is 0 Å². The van der Waals surface area contributed by atoms with Crippen molar-refractivity contribution in [2.75, 3.05) is 0 Å². The van der Waals surface area contributed by atoms with E-state index in [1.165, 1.54) is 0 Å². The molecule has 0 radical (unpaired) electrons. The van der Waals surface area contributed by atoms with E-state index in [1.54, 1.807) is 0 Å². The fraction of sp³-hybridized carbons (Fsp3) is 0.429. The number of hydrogen-bond donors (Lipinski definition) is 2. The van der Waals surface area contributed by atoms with Gasteiger partial charge in [-0.05, 0) is 0 Å². The Morgan fingerprint density at radius 2 is 2.27 bits per heavy atom. The molecule has 0 fully saturated rings. The Morgan fingerprint density at radius 3 is 2.82 bits per heavy atom. The second kappa shape index (κ2) is 3.67. The Labute approximate surface area is 73.1 Å². The van der Waals surface area contributed by atoms with E-state index in [1.807, 2.05) is 6.08 Å². The number of nitrogens with one attached hydrogen (secondary N) is 2. The molecule has 1 rings (SSSR count). The molecular weight excluding hydrogens is 155 g/mol. The maximum atomic E-state index is 4.95. The topological polar surface area (TPSA) is 24.1 Å². The predicted molar refractivity (Wildman–Crippen MR) is 54.0 cm³/mol. The molecule has 0 unspecified atom stereocenters. The first kappa shape index (κ1) is 8.46. The molecule has 0 saturated heterocycles. The third-order valence-corrected chi connectivity index (χ3v) is 1.62. The third-order valence-electron chi connectivity index (χ3n) is 1.42. The third kappa shape index (κ3) is 2.46. The minimum atomic E-state index is 0.654. The fourth-order valence-electron chi connectivity index (χ4n) is 1.01. The average molecular weight is 166 g/mol. The van der Waals surface area contributed by atoms with Crippen molar-refractivity contribution in [3.8, 4) is 0 Å². The van der Waals surface area contributed by atoms with Crippen molar-refractivity contribution >= 4 is 30.4 Å². The predicted octanol–water partition coefficient (Wildman–Crippen LogP) is 0.179. The van der Waals surface area contributed by atoms with Crippen molar-refractivity contribution in [3.63, 3.8) is 0 Å². The van der Waals surface area contributed by atoms with E-state index in [0.29, 0.717) is 5.11 Å². The molecule has 0 aromatic rings. The van der Waals surface area contributed by atoms with Crippen molar-refractivity contribution in [1.29, 1.82) is 0 Å². The molecule has 0 aromatic heterocycles. The molecule has 2 nitrogen and oxygen atoms in total. The van der Waals surface area contributed by atoms with Crippen LogP contribution in [0.4, 0.5) is 0 Å². The first-order chi connectivity index (χ1) is 5.22. The molecule has 11 heavy (non-hydrogen) atoms. The molecule has 0 amide bonds. The normalized spacial score (nSPS) is 16.9. The van der Waals surface area contributed by atoms with Gasteiger partial charge in [-0.25, -0.2) is 0 Å². The van der Waals surface area contributed by atoms with Crippen molar-refractivity contribution < 1.29 is 0 Å². The zero-order valence-electron chi connectivity index (χ0n) is 6.61. The molecule has 0 saturated carbocycles. The summed E-state index contributed by atoms with van der Waals surface area (Å²) in [6, 6.07) is 0. The van der Waals surface area contributed by atoms with E-state index in [0.717, 1.165) is 24.1 Å². The van der Waals surface area contributed by atoms with Gasteiger partial charge in [0.05, 0.1) is 0 Å². The zero-order chi connectivity index (χ0) is 8.27. The number of hydrogen-bond acceptors (Lipinski definition) is 1. The van der Waals surface area contributed by atoms with Crippen LogP contribution in [0.1, 0.15) is 19.8 Å². The van der Waals surface area contributed by atoms with Crippen LogP contribution < -0.4 is 10.6 Å². The summed E-state index contributed by atoms with van der Waals surface area (Å²) < 4.78 is 0. The zero-order valence-corrected chi connectivity index (χ0v) is 7.42.